The molecule has 0 aliphatic carbocycles. The number of likely N-dealkylation sites (tertiary alicyclic amines) is 1. The van der Waals surface area contributed by atoms with Gasteiger partial charge in [-0.2, -0.15) is 0 Å². The summed E-state index contributed by atoms with van der Waals surface area (Å²) in [7, 11) is 0. The van der Waals surface area contributed by atoms with Crippen LogP contribution in [-0.2, 0) is 9.53 Å². The largest absolute Gasteiger partial charge is 0.480 e. The number of rotatable bonds is 5. The summed E-state index contributed by atoms with van der Waals surface area (Å²) in [6, 6.07) is 3.30. The number of aliphatic carboxylic acids is 1. The lowest BCUT2D eigenvalue weighted by Crippen LogP contribution is -2.62. The first kappa shape index (κ1) is 14.9. The molecule has 1 atom stereocenters. The second-order valence-electron chi connectivity index (χ2n) is 5.42. The Balaban J connectivity index is 1.96. The van der Waals surface area contributed by atoms with Crippen molar-refractivity contribution in [3.63, 3.8) is 0 Å². The number of benzene rings is 1. The highest BCUT2D eigenvalue weighted by molar-refractivity contribution is 5.68. The predicted octanol–water partition coefficient (Wildman–Crippen LogP) is 2.20. The molecule has 1 fully saturated rings. The number of halogens is 2. The standard InChI is InChI=1S/C14H17F2NO3/c1-9(10-3-11(15)5-12(16)4-10)17-7-14(2,8-17)20-6-13(18)19/h3-5,9H,6-8H2,1-2H3,(H,18,19). The van der Waals surface area contributed by atoms with E-state index in [-0.39, 0.29) is 12.6 Å². The zero-order valence-corrected chi connectivity index (χ0v) is 11.4. The number of hydrogen-bond donors (Lipinski definition) is 1. The summed E-state index contributed by atoms with van der Waals surface area (Å²) in [5, 5.41) is 8.59. The highest BCUT2D eigenvalue weighted by Crippen LogP contribution is 2.33. The lowest BCUT2D eigenvalue weighted by Gasteiger charge is -2.50. The van der Waals surface area contributed by atoms with Crippen LogP contribution in [0.5, 0.6) is 0 Å². The fourth-order valence-corrected chi connectivity index (χ4v) is 2.44. The van der Waals surface area contributed by atoms with E-state index in [9.17, 15) is 13.6 Å². The minimum absolute atomic E-state index is 0.151. The average Bonchev–Trinajstić information content (AvgIpc) is 2.31. The summed E-state index contributed by atoms with van der Waals surface area (Å²) in [5.41, 5.74) is 0.0428. The molecule has 6 heteroatoms. The molecule has 0 bridgehead atoms. The van der Waals surface area contributed by atoms with Gasteiger partial charge in [-0.15, -0.1) is 0 Å². The number of carboxylic acid groups (broad SMARTS) is 1. The van der Waals surface area contributed by atoms with E-state index in [4.69, 9.17) is 9.84 Å². The Kier molecular flexibility index (Phi) is 4.06. The maximum Gasteiger partial charge on any atom is 0.329 e. The molecule has 4 nitrogen and oxygen atoms in total. The van der Waals surface area contributed by atoms with E-state index >= 15 is 0 Å². The molecular weight excluding hydrogens is 268 g/mol. The first-order chi connectivity index (χ1) is 9.29. The lowest BCUT2D eigenvalue weighted by molar-refractivity contribution is -0.169. The van der Waals surface area contributed by atoms with Crippen LogP contribution >= 0.6 is 0 Å². The van der Waals surface area contributed by atoms with Crippen LogP contribution in [0.25, 0.3) is 0 Å². The number of carbonyl (C=O) groups is 1. The van der Waals surface area contributed by atoms with Crippen LogP contribution in [0.4, 0.5) is 8.78 Å². The molecule has 20 heavy (non-hydrogen) atoms. The topological polar surface area (TPSA) is 49.8 Å². The zero-order chi connectivity index (χ0) is 14.9. The first-order valence-electron chi connectivity index (χ1n) is 6.35. The van der Waals surface area contributed by atoms with Gasteiger partial charge in [0.05, 0.1) is 5.60 Å². The maximum absolute atomic E-state index is 13.2. The summed E-state index contributed by atoms with van der Waals surface area (Å²) in [6.07, 6.45) is 0. The highest BCUT2D eigenvalue weighted by Gasteiger charge is 2.42. The average molecular weight is 285 g/mol. The van der Waals surface area contributed by atoms with Gasteiger partial charge in [-0.25, -0.2) is 13.6 Å². The van der Waals surface area contributed by atoms with E-state index in [1.165, 1.54) is 12.1 Å². The van der Waals surface area contributed by atoms with Gasteiger partial charge in [0, 0.05) is 25.2 Å². The van der Waals surface area contributed by atoms with Crippen LogP contribution < -0.4 is 0 Å². The molecule has 1 unspecified atom stereocenters. The number of carboxylic acids is 1. The van der Waals surface area contributed by atoms with Crippen LogP contribution in [0, 0.1) is 11.6 Å². The van der Waals surface area contributed by atoms with E-state index in [1.807, 2.05) is 18.7 Å². The second-order valence-corrected chi connectivity index (χ2v) is 5.42. The zero-order valence-electron chi connectivity index (χ0n) is 11.4. The Hall–Kier alpha value is -1.53. The SMILES string of the molecule is CC(c1cc(F)cc(F)c1)N1CC(C)(OCC(=O)O)C1. The Morgan fingerprint density at radius 3 is 2.45 bits per heavy atom. The van der Waals surface area contributed by atoms with Gasteiger partial charge >= 0.3 is 5.97 Å². The smallest absolute Gasteiger partial charge is 0.329 e. The normalized spacial score (nSPS) is 19.4. The highest BCUT2D eigenvalue weighted by atomic mass is 19.1. The van der Waals surface area contributed by atoms with Crippen molar-refractivity contribution >= 4 is 5.97 Å². The number of ether oxygens (including phenoxy) is 1. The van der Waals surface area contributed by atoms with Crippen LogP contribution in [-0.4, -0.2) is 41.3 Å². The Morgan fingerprint density at radius 2 is 1.95 bits per heavy atom. The van der Waals surface area contributed by atoms with Gasteiger partial charge in [-0.05, 0) is 31.5 Å². The van der Waals surface area contributed by atoms with E-state index in [0.29, 0.717) is 18.7 Å². The van der Waals surface area contributed by atoms with Gasteiger partial charge in [0.1, 0.15) is 18.2 Å². The summed E-state index contributed by atoms with van der Waals surface area (Å²) in [4.78, 5) is 12.5. The maximum atomic E-state index is 13.2. The summed E-state index contributed by atoms with van der Waals surface area (Å²) in [5.74, 6) is -2.21. The second kappa shape index (κ2) is 5.46. The van der Waals surface area contributed by atoms with Crippen molar-refractivity contribution in [1.82, 2.24) is 4.90 Å². The lowest BCUT2D eigenvalue weighted by atomic mass is 9.92. The first-order valence-corrected chi connectivity index (χ1v) is 6.35. The molecule has 110 valence electrons. The van der Waals surface area contributed by atoms with Crippen molar-refractivity contribution in [3.8, 4) is 0 Å². The Bertz CT molecular complexity index is 495. The molecular formula is C14H17F2NO3. The van der Waals surface area contributed by atoms with Crippen molar-refractivity contribution in [1.29, 1.82) is 0 Å². The molecule has 2 rings (SSSR count). The van der Waals surface area contributed by atoms with Gasteiger partial charge in [0.2, 0.25) is 0 Å². The van der Waals surface area contributed by atoms with Crippen molar-refractivity contribution in [3.05, 3.63) is 35.4 Å². The number of nitrogens with zero attached hydrogens (tertiary/aromatic N) is 1. The molecule has 1 saturated heterocycles. The molecule has 1 aliphatic heterocycles. The van der Waals surface area contributed by atoms with Crippen molar-refractivity contribution in [2.75, 3.05) is 19.7 Å². The molecule has 1 aromatic carbocycles. The van der Waals surface area contributed by atoms with Gasteiger partial charge in [0.15, 0.2) is 0 Å². The van der Waals surface area contributed by atoms with Gasteiger partial charge in [-0.1, -0.05) is 0 Å². The molecule has 0 radical (unpaired) electrons. The van der Waals surface area contributed by atoms with Crippen LogP contribution in [0.3, 0.4) is 0 Å². The fourth-order valence-electron chi connectivity index (χ4n) is 2.44. The fraction of sp³-hybridized carbons (Fsp3) is 0.500. The van der Waals surface area contributed by atoms with Crippen molar-refractivity contribution in [2.24, 2.45) is 0 Å². The van der Waals surface area contributed by atoms with E-state index in [1.54, 1.807) is 0 Å². The molecule has 0 amide bonds. The quantitative estimate of drug-likeness (QED) is 0.901. The molecule has 1 aromatic rings. The molecule has 1 N–H and O–H groups in total. The Morgan fingerprint density at radius 1 is 1.40 bits per heavy atom. The summed E-state index contributed by atoms with van der Waals surface area (Å²) in [6.45, 7) is 4.39. The van der Waals surface area contributed by atoms with Gasteiger partial charge in [-0.3, -0.25) is 4.90 Å². The molecule has 1 aliphatic rings. The molecule has 0 spiro atoms. The molecule has 0 saturated carbocycles. The van der Waals surface area contributed by atoms with E-state index in [0.717, 1.165) is 6.07 Å². The monoisotopic (exact) mass is 285 g/mol. The van der Waals surface area contributed by atoms with Crippen LogP contribution in [0.2, 0.25) is 0 Å². The minimum Gasteiger partial charge on any atom is -0.480 e. The predicted molar refractivity (Wildman–Crippen MR) is 68.3 cm³/mol. The Labute approximate surface area is 116 Å². The van der Waals surface area contributed by atoms with Gasteiger partial charge < -0.3 is 9.84 Å². The van der Waals surface area contributed by atoms with Crippen LogP contribution in [0.1, 0.15) is 25.5 Å². The minimum atomic E-state index is -1.01. The van der Waals surface area contributed by atoms with Crippen molar-refractivity contribution in [2.45, 2.75) is 25.5 Å². The summed E-state index contributed by atoms with van der Waals surface area (Å²) < 4.78 is 31.7. The van der Waals surface area contributed by atoms with E-state index in [2.05, 4.69) is 0 Å². The van der Waals surface area contributed by atoms with Crippen LogP contribution in [0.15, 0.2) is 18.2 Å². The van der Waals surface area contributed by atoms with Crippen molar-refractivity contribution < 1.29 is 23.4 Å². The third kappa shape index (κ3) is 3.32. The summed E-state index contributed by atoms with van der Waals surface area (Å²) >= 11 is 0. The third-order valence-corrected chi connectivity index (χ3v) is 3.53. The molecule has 0 aromatic heterocycles. The third-order valence-electron chi connectivity index (χ3n) is 3.53. The van der Waals surface area contributed by atoms with E-state index < -0.39 is 23.2 Å². The molecule has 1 heterocycles. The number of hydrogen-bond acceptors (Lipinski definition) is 3. The van der Waals surface area contributed by atoms with Gasteiger partial charge in [0.25, 0.3) is 0 Å².